The quantitative estimate of drug-likeness (QED) is 0.0393. The number of esters is 2. The van der Waals surface area contributed by atoms with Gasteiger partial charge in [-0.2, -0.15) is 0 Å². The number of rotatable bonds is 36. The van der Waals surface area contributed by atoms with Crippen molar-refractivity contribution in [3.05, 3.63) is 23.3 Å². The molecule has 0 aliphatic rings. The van der Waals surface area contributed by atoms with Gasteiger partial charge in [0.1, 0.15) is 13.2 Å². The highest BCUT2D eigenvalue weighted by molar-refractivity contribution is 5.69. The van der Waals surface area contributed by atoms with E-state index in [0.29, 0.717) is 26.1 Å². The molecule has 0 aliphatic carbocycles. The second kappa shape index (κ2) is 34.8. The number of allylic oxidation sites excluding steroid dienone is 2. The van der Waals surface area contributed by atoms with E-state index in [4.69, 9.17) is 9.47 Å². The molecule has 0 radical (unpaired) electrons. The summed E-state index contributed by atoms with van der Waals surface area (Å²) in [6, 6.07) is 0. The van der Waals surface area contributed by atoms with Crippen LogP contribution in [0.5, 0.6) is 0 Å². The zero-order chi connectivity index (χ0) is 39.7. The van der Waals surface area contributed by atoms with Crippen molar-refractivity contribution < 1.29 is 19.1 Å². The molecule has 0 heterocycles. The van der Waals surface area contributed by atoms with Crippen LogP contribution < -0.4 is 5.32 Å². The van der Waals surface area contributed by atoms with Gasteiger partial charge in [0, 0.05) is 12.8 Å². The van der Waals surface area contributed by atoms with Crippen LogP contribution in [0.1, 0.15) is 210 Å². The van der Waals surface area contributed by atoms with E-state index in [-0.39, 0.29) is 11.9 Å². The molecular formula is C48H91NO4. The van der Waals surface area contributed by atoms with Crippen molar-refractivity contribution in [2.75, 3.05) is 26.3 Å². The Morgan fingerprint density at radius 1 is 0.434 bits per heavy atom. The normalized spacial score (nSPS) is 14.8. The fourth-order valence-electron chi connectivity index (χ4n) is 7.16. The molecule has 4 atom stereocenters. The smallest absolute Gasteiger partial charge is 0.306 e. The molecule has 0 aliphatic heterocycles. The molecule has 0 amide bonds. The van der Waals surface area contributed by atoms with Gasteiger partial charge in [0.05, 0.1) is 0 Å². The summed E-state index contributed by atoms with van der Waals surface area (Å²) in [5, 5.41) is 3.33. The zero-order valence-electron chi connectivity index (χ0n) is 37.1. The van der Waals surface area contributed by atoms with Crippen LogP contribution in [-0.2, 0) is 19.1 Å². The maximum atomic E-state index is 12.1. The van der Waals surface area contributed by atoms with Gasteiger partial charge in [0.15, 0.2) is 0 Å². The summed E-state index contributed by atoms with van der Waals surface area (Å²) in [7, 11) is 0. The van der Waals surface area contributed by atoms with E-state index in [1.807, 2.05) is 0 Å². The minimum Gasteiger partial charge on any atom is -0.461 e. The first-order chi connectivity index (χ1) is 25.3. The molecule has 0 spiro atoms. The first-order valence-electron chi connectivity index (χ1n) is 22.6. The van der Waals surface area contributed by atoms with Crippen LogP contribution in [-0.4, -0.2) is 38.2 Å². The molecule has 0 bridgehead atoms. The second-order valence-corrected chi connectivity index (χ2v) is 18.1. The molecule has 0 aromatic heterocycles. The highest BCUT2D eigenvalue weighted by Crippen LogP contribution is 2.23. The third-order valence-corrected chi connectivity index (χ3v) is 11.1. The minimum atomic E-state index is -0.141. The average Bonchev–Trinajstić information content (AvgIpc) is 3.07. The topological polar surface area (TPSA) is 64.6 Å². The summed E-state index contributed by atoms with van der Waals surface area (Å²) in [6.45, 7) is 25.5. The van der Waals surface area contributed by atoms with E-state index in [9.17, 15) is 9.59 Å². The monoisotopic (exact) mass is 746 g/mol. The van der Waals surface area contributed by atoms with Crippen LogP contribution >= 0.6 is 0 Å². The molecule has 0 fully saturated rings. The van der Waals surface area contributed by atoms with Crippen LogP contribution in [0.4, 0.5) is 0 Å². The summed E-state index contributed by atoms with van der Waals surface area (Å²) in [5.41, 5.74) is 2.63. The van der Waals surface area contributed by atoms with Crippen LogP contribution in [0.25, 0.3) is 0 Å². The zero-order valence-corrected chi connectivity index (χ0v) is 37.1. The largest absolute Gasteiger partial charge is 0.461 e. The fraction of sp³-hybridized carbons (Fsp3) is 0.875. The Morgan fingerprint density at radius 2 is 0.736 bits per heavy atom. The van der Waals surface area contributed by atoms with Crippen LogP contribution in [0.3, 0.4) is 0 Å². The molecule has 0 saturated heterocycles. The van der Waals surface area contributed by atoms with Gasteiger partial charge in [-0.05, 0) is 113 Å². The van der Waals surface area contributed by atoms with E-state index in [0.717, 1.165) is 74.3 Å². The molecule has 0 aromatic rings. The van der Waals surface area contributed by atoms with Gasteiger partial charge in [0.25, 0.3) is 0 Å². The average molecular weight is 746 g/mol. The minimum absolute atomic E-state index is 0.141. The number of carbonyl (C=O) groups excluding carboxylic acids is 2. The molecule has 312 valence electrons. The van der Waals surface area contributed by atoms with Crippen LogP contribution in [0.15, 0.2) is 23.3 Å². The van der Waals surface area contributed by atoms with Gasteiger partial charge in [-0.1, -0.05) is 156 Å². The lowest BCUT2D eigenvalue weighted by atomic mass is 9.91. The summed E-state index contributed by atoms with van der Waals surface area (Å²) < 4.78 is 10.9. The van der Waals surface area contributed by atoms with Crippen molar-refractivity contribution in [3.8, 4) is 0 Å². The van der Waals surface area contributed by atoms with Gasteiger partial charge < -0.3 is 14.8 Å². The van der Waals surface area contributed by atoms with E-state index in [1.165, 1.54) is 114 Å². The summed E-state index contributed by atoms with van der Waals surface area (Å²) >= 11 is 0. The lowest BCUT2D eigenvalue weighted by Crippen LogP contribution is -2.19. The van der Waals surface area contributed by atoms with Crippen molar-refractivity contribution in [2.24, 2.45) is 35.5 Å². The second-order valence-electron chi connectivity index (χ2n) is 18.1. The summed E-state index contributed by atoms with van der Waals surface area (Å²) in [4.78, 5) is 24.3. The van der Waals surface area contributed by atoms with Crippen LogP contribution in [0, 0.1) is 35.5 Å². The maximum absolute atomic E-state index is 12.1. The third-order valence-electron chi connectivity index (χ3n) is 11.1. The molecule has 5 nitrogen and oxygen atoms in total. The lowest BCUT2D eigenvalue weighted by molar-refractivity contribution is -0.143. The molecule has 1 N–H and O–H groups in total. The molecule has 0 saturated carbocycles. The highest BCUT2D eigenvalue weighted by atomic mass is 16.5. The summed E-state index contributed by atoms with van der Waals surface area (Å²) in [5.74, 6) is 4.68. The number of nitrogens with one attached hydrogen (secondary N) is 1. The van der Waals surface area contributed by atoms with Crippen molar-refractivity contribution in [1.29, 1.82) is 0 Å². The van der Waals surface area contributed by atoms with E-state index in [2.05, 4.69) is 86.7 Å². The van der Waals surface area contributed by atoms with E-state index >= 15 is 0 Å². The van der Waals surface area contributed by atoms with E-state index < -0.39 is 0 Å². The van der Waals surface area contributed by atoms with Gasteiger partial charge in [-0.3, -0.25) is 9.59 Å². The van der Waals surface area contributed by atoms with Crippen molar-refractivity contribution >= 4 is 11.9 Å². The number of hydrogen-bond donors (Lipinski definition) is 1. The van der Waals surface area contributed by atoms with Gasteiger partial charge in [-0.25, -0.2) is 0 Å². The molecular weight excluding hydrogens is 655 g/mol. The number of hydrogen-bond acceptors (Lipinski definition) is 5. The molecule has 53 heavy (non-hydrogen) atoms. The molecule has 0 aromatic carbocycles. The standard InChI is InChI=1S/C48H91NO4/c1-39(2)19-11-21-41(5)23-13-25-43(7)27-15-29-45(9)33-37-52-47(50)31-17-35-49-36-18-32-48(51)53-38-34-46(10)30-16-28-44(8)26-14-24-42(6)22-12-20-40(3)4/h33-34,39-44,49H,11-32,35-38H2,1-10H3/b45-33+,46-34+. The molecule has 5 heteroatoms. The Bertz CT molecular complexity index is 864. The first kappa shape index (κ1) is 51.4. The molecule has 0 rings (SSSR count). The third kappa shape index (κ3) is 37.1. The number of carbonyl (C=O) groups is 2. The lowest BCUT2D eigenvalue weighted by Gasteiger charge is -2.15. The Labute approximate surface area is 331 Å². The van der Waals surface area contributed by atoms with Gasteiger partial charge >= 0.3 is 11.9 Å². The predicted molar refractivity (Wildman–Crippen MR) is 230 cm³/mol. The highest BCUT2D eigenvalue weighted by Gasteiger charge is 2.09. The summed E-state index contributed by atoms with van der Waals surface area (Å²) in [6.07, 6.45) is 30.0. The maximum Gasteiger partial charge on any atom is 0.306 e. The Balaban J connectivity index is 3.75. The number of ether oxygens (including phenoxy) is 2. The predicted octanol–water partition coefficient (Wildman–Crippen LogP) is 14.0. The van der Waals surface area contributed by atoms with Gasteiger partial charge in [0.2, 0.25) is 0 Å². The SMILES string of the molecule is C/C(=C\COC(=O)CCCNCCCC(=O)OC/C=C(\C)CCCC(C)CCCC(C)CCCC(C)C)CCCC(C)CCCC(C)CCCC(C)C. The Morgan fingerprint density at radius 3 is 1.06 bits per heavy atom. The van der Waals surface area contributed by atoms with Crippen molar-refractivity contribution in [3.63, 3.8) is 0 Å². The molecule has 4 unspecified atom stereocenters. The Kier molecular flexibility index (Phi) is 33.8. The van der Waals surface area contributed by atoms with Gasteiger partial charge in [-0.15, -0.1) is 0 Å². The van der Waals surface area contributed by atoms with Crippen molar-refractivity contribution in [1.82, 2.24) is 5.32 Å². The Hall–Kier alpha value is -1.62. The van der Waals surface area contributed by atoms with E-state index in [1.54, 1.807) is 0 Å². The van der Waals surface area contributed by atoms with Crippen LogP contribution in [0.2, 0.25) is 0 Å². The first-order valence-corrected chi connectivity index (χ1v) is 22.6. The fourth-order valence-corrected chi connectivity index (χ4v) is 7.16. The van der Waals surface area contributed by atoms with Crippen molar-refractivity contribution in [2.45, 2.75) is 210 Å².